The lowest BCUT2D eigenvalue weighted by Crippen LogP contribution is -2.42. The first-order chi connectivity index (χ1) is 10.3. The van der Waals surface area contributed by atoms with Gasteiger partial charge in [-0.2, -0.15) is 5.26 Å². The summed E-state index contributed by atoms with van der Waals surface area (Å²) in [4.78, 5) is 35.6. The topological polar surface area (TPSA) is 93.5 Å². The van der Waals surface area contributed by atoms with Crippen LogP contribution in [-0.2, 0) is 23.9 Å². The van der Waals surface area contributed by atoms with Crippen molar-refractivity contribution in [2.24, 2.45) is 17.3 Å². The Morgan fingerprint density at radius 1 is 1.45 bits per heavy atom. The minimum absolute atomic E-state index is 0.0235. The molecule has 2 saturated carbocycles. The van der Waals surface area contributed by atoms with E-state index in [1.54, 1.807) is 6.92 Å². The number of carbonyl (C=O) groups is 3. The van der Waals surface area contributed by atoms with Gasteiger partial charge in [-0.15, -0.1) is 0 Å². The Hall–Kier alpha value is -2.16. The summed E-state index contributed by atoms with van der Waals surface area (Å²) in [5, 5.41) is 9.38. The fourth-order valence-electron chi connectivity index (χ4n) is 4.03. The molecule has 0 aromatic heterocycles. The van der Waals surface area contributed by atoms with Crippen molar-refractivity contribution < 1.29 is 23.9 Å². The smallest absolute Gasteiger partial charge is 0.330 e. The predicted molar refractivity (Wildman–Crippen MR) is 72.8 cm³/mol. The van der Waals surface area contributed by atoms with E-state index in [9.17, 15) is 19.6 Å². The summed E-state index contributed by atoms with van der Waals surface area (Å²) < 4.78 is 10.8. The molecular weight excluding hydrogens is 286 g/mol. The summed E-state index contributed by atoms with van der Waals surface area (Å²) in [5.74, 6) is -2.87. The van der Waals surface area contributed by atoms with E-state index in [0.717, 1.165) is 0 Å². The normalized spacial score (nSPS) is 37.5. The summed E-state index contributed by atoms with van der Waals surface area (Å²) in [6, 6.07) is 2.08. The van der Waals surface area contributed by atoms with Gasteiger partial charge in [-0.25, -0.2) is 0 Å². The van der Waals surface area contributed by atoms with Crippen LogP contribution in [-0.4, -0.2) is 23.5 Å². The summed E-state index contributed by atoms with van der Waals surface area (Å²) in [7, 11) is 0. The van der Waals surface area contributed by atoms with Gasteiger partial charge >= 0.3 is 11.9 Å². The zero-order valence-corrected chi connectivity index (χ0v) is 12.4. The number of Topliss-reactive ketones (excluding diaryl/α,β-unsaturated/α-hetero) is 1. The summed E-state index contributed by atoms with van der Waals surface area (Å²) in [6.07, 6.45) is 1.54. The van der Waals surface area contributed by atoms with E-state index in [1.807, 2.05) is 0 Å². The van der Waals surface area contributed by atoms with Gasteiger partial charge in [0.05, 0.1) is 18.4 Å². The molecule has 0 radical (unpaired) electrons. The van der Waals surface area contributed by atoms with Crippen molar-refractivity contribution in [2.45, 2.75) is 44.8 Å². The minimum atomic E-state index is -1.29. The largest absolute Gasteiger partial charge is 0.422 e. The highest BCUT2D eigenvalue weighted by Crippen LogP contribution is 2.66. The molecule has 1 heterocycles. The number of hydrogen-bond acceptors (Lipinski definition) is 6. The van der Waals surface area contributed by atoms with Crippen LogP contribution in [0, 0.1) is 28.6 Å². The molecule has 1 saturated heterocycles. The second-order valence-electron chi connectivity index (χ2n) is 6.52. The zero-order chi connectivity index (χ0) is 16.1. The van der Waals surface area contributed by atoms with Gasteiger partial charge in [0.15, 0.2) is 11.2 Å². The van der Waals surface area contributed by atoms with Crippen LogP contribution in [0.15, 0.2) is 12.2 Å². The molecule has 0 aromatic rings. The van der Waals surface area contributed by atoms with Crippen molar-refractivity contribution in [3.63, 3.8) is 0 Å². The molecular formula is C16H17NO5. The third-order valence-electron chi connectivity index (χ3n) is 5.03. The fraction of sp³-hybridized carbons (Fsp3) is 0.625. The molecule has 0 spiro atoms. The van der Waals surface area contributed by atoms with E-state index >= 15 is 0 Å². The second kappa shape index (κ2) is 4.67. The molecule has 2 bridgehead atoms. The van der Waals surface area contributed by atoms with E-state index in [4.69, 9.17) is 9.47 Å². The van der Waals surface area contributed by atoms with Crippen molar-refractivity contribution in [3.05, 3.63) is 12.2 Å². The van der Waals surface area contributed by atoms with Crippen molar-refractivity contribution >= 4 is 17.7 Å². The molecule has 2 aliphatic carbocycles. The molecule has 116 valence electrons. The number of nitriles is 1. The molecule has 0 amide bonds. The number of rotatable bonds is 5. The molecule has 3 rings (SSSR count). The molecule has 3 fully saturated rings. The molecule has 6 heteroatoms. The molecule has 3 aliphatic rings. The van der Waals surface area contributed by atoms with Crippen LogP contribution in [0.5, 0.6) is 0 Å². The maximum atomic E-state index is 12.1. The maximum Gasteiger partial charge on any atom is 0.330 e. The fourth-order valence-corrected chi connectivity index (χ4v) is 4.03. The minimum Gasteiger partial charge on any atom is -0.422 e. The van der Waals surface area contributed by atoms with Crippen LogP contribution in [0.1, 0.15) is 39.0 Å². The first-order valence-corrected chi connectivity index (χ1v) is 7.38. The summed E-state index contributed by atoms with van der Waals surface area (Å²) in [6.45, 7) is 5.11. The van der Waals surface area contributed by atoms with Crippen LogP contribution in [0.25, 0.3) is 0 Å². The number of carbonyl (C=O) groups excluding carboxylic acids is 3. The highest BCUT2D eigenvalue weighted by Gasteiger charge is 2.76. The first-order valence-electron chi connectivity index (χ1n) is 7.38. The lowest BCUT2D eigenvalue weighted by molar-refractivity contribution is -0.222. The van der Waals surface area contributed by atoms with Gasteiger partial charge in [0.25, 0.3) is 5.79 Å². The number of esters is 2. The van der Waals surface area contributed by atoms with Gasteiger partial charge in [-0.3, -0.25) is 14.4 Å². The first kappa shape index (κ1) is 14.8. The Morgan fingerprint density at radius 3 is 2.77 bits per heavy atom. The van der Waals surface area contributed by atoms with Gasteiger partial charge in [0, 0.05) is 12.8 Å². The second-order valence-corrected chi connectivity index (χ2v) is 6.52. The van der Waals surface area contributed by atoms with Crippen LogP contribution >= 0.6 is 0 Å². The average Bonchev–Trinajstić information content (AvgIpc) is 3.02. The Kier molecular flexibility index (Phi) is 3.13. The summed E-state index contributed by atoms with van der Waals surface area (Å²) in [5.41, 5.74) is -0.766. The number of ketones is 1. The van der Waals surface area contributed by atoms with Gasteiger partial charge < -0.3 is 9.47 Å². The maximum absolute atomic E-state index is 12.1. The molecule has 1 aliphatic heterocycles. The Balaban J connectivity index is 1.70. The van der Waals surface area contributed by atoms with Crippen LogP contribution < -0.4 is 0 Å². The highest BCUT2D eigenvalue weighted by molar-refractivity contribution is 5.95. The number of hydrogen-bond donors (Lipinski definition) is 0. The third-order valence-corrected chi connectivity index (χ3v) is 5.03. The number of nitrogens with zero attached hydrogens (tertiary/aromatic N) is 1. The van der Waals surface area contributed by atoms with Crippen molar-refractivity contribution in [2.75, 3.05) is 0 Å². The standard InChI is InChI=1S/C16H17NO5/c1-9(2)11(18)3-4-13(19)21-16-7-10-5-12(16)15(6-10,8-17)14(20)22-16/h10,12H,1,3-7H2,2H3. The molecule has 4 atom stereocenters. The predicted octanol–water partition coefficient (Wildman–Crippen LogP) is 1.65. The molecule has 0 aromatic carbocycles. The molecule has 6 nitrogen and oxygen atoms in total. The van der Waals surface area contributed by atoms with Gasteiger partial charge in [-0.1, -0.05) is 6.58 Å². The van der Waals surface area contributed by atoms with Crippen molar-refractivity contribution in [3.8, 4) is 6.07 Å². The van der Waals surface area contributed by atoms with Crippen LogP contribution in [0.3, 0.4) is 0 Å². The number of ether oxygens (including phenoxy) is 2. The van der Waals surface area contributed by atoms with E-state index < -0.39 is 23.1 Å². The number of fused-ring (bicyclic) bond motifs is 1. The Bertz CT molecular complexity index is 633. The Labute approximate surface area is 128 Å². The third kappa shape index (κ3) is 1.88. The molecule has 22 heavy (non-hydrogen) atoms. The Morgan fingerprint density at radius 2 is 2.18 bits per heavy atom. The van der Waals surface area contributed by atoms with Gasteiger partial charge in [0.2, 0.25) is 0 Å². The zero-order valence-electron chi connectivity index (χ0n) is 12.4. The average molecular weight is 303 g/mol. The van der Waals surface area contributed by atoms with E-state index in [0.29, 0.717) is 24.8 Å². The quantitative estimate of drug-likeness (QED) is 0.566. The van der Waals surface area contributed by atoms with Crippen molar-refractivity contribution in [1.29, 1.82) is 5.26 Å². The van der Waals surface area contributed by atoms with E-state index in [-0.39, 0.29) is 30.5 Å². The summed E-state index contributed by atoms with van der Waals surface area (Å²) >= 11 is 0. The van der Waals surface area contributed by atoms with Crippen molar-refractivity contribution in [1.82, 2.24) is 0 Å². The van der Waals surface area contributed by atoms with Gasteiger partial charge in [0.1, 0.15) is 0 Å². The van der Waals surface area contributed by atoms with E-state index in [2.05, 4.69) is 12.6 Å². The van der Waals surface area contributed by atoms with E-state index in [1.165, 1.54) is 0 Å². The number of allylic oxidation sites excluding steroid dienone is 1. The molecule has 0 N–H and O–H groups in total. The lowest BCUT2D eigenvalue weighted by atomic mass is 9.74. The highest BCUT2D eigenvalue weighted by atomic mass is 16.7. The van der Waals surface area contributed by atoms with Crippen LogP contribution in [0.2, 0.25) is 0 Å². The SMILES string of the molecule is C=C(C)C(=O)CCC(=O)OC12CC3CC1C(C#N)(C3)C(=O)O2. The molecule has 4 unspecified atom stereocenters. The lowest BCUT2D eigenvalue weighted by Gasteiger charge is -2.31. The van der Waals surface area contributed by atoms with Crippen LogP contribution in [0.4, 0.5) is 0 Å². The monoisotopic (exact) mass is 303 g/mol. The van der Waals surface area contributed by atoms with Gasteiger partial charge in [-0.05, 0) is 31.3 Å².